The third-order valence-electron chi connectivity index (χ3n) is 7.21. The standard InChI is InChI=1S/C34H42ClN3/c1-5-7-22-37(24-27-14-16-28(17-15-27)26(3)4)25-32-33(29-18-20-31(35)21-19-29)36-34(38(32)23-8-6-2)30-12-10-9-11-13-30/h9-21,26H,5-8,22-25H2,1-4H3. The first-order chi connectivity index (χ1) is 18.5. The summed E-state index contributed by atoms with van der Waals surface area (Å²) < 4.78 is 2.48. The largest absolute Gasteiger partial charge is 0.326 e. The lowest BCUT2D eigenvalue weighted by atomic mass is 10.0. The highest BCUT2D eigenvalue weighted by Gasteiger charge is 2.22. The van der Waals surface area contributed by atoms with E-state index < -0.39 is 0 Å². The predicted molar refractivity (Wildman–Crippen MR) is 163 cm³/mol. The Morgan fingerprint density at radius 3 is 2.11 bits per heavy atom. The van der Waals surface area contributed by atoms with Gasteiger partial charge in [0.2, 0.25) is 0 Å². The molecule has 1 heterocycles. The third kappa shape index (κ3) is 7.15. The first-order valence-corrected chi connectivity index (χ1v) is 14.6. The molecule has 0 saturated carbocycles. The highest BCUT2D eigenvalue weighted by molar-refractivity contribution is 6.30. The monoisotopic (exact) mass is 527 g/mol. The molecule has 0 radical (unpaired) electrons. The first-order valence-electron chi connectivity index (χ1n) is 14.2. The van der Waals surface area contributed by atoms with Crippen molar-refractivity contribution in [2.75, 3.05) is 6.54 Å². The van der Waals surface area contributed by atoms with Crippen LogP contribution in [0, 0.1) is 0 Å². The molecule has 4 heteroatoms. The molecule has 0 amide bonds. The average molecular weight is 528 g/mol. The highest BCUT2D eigenvalue weighted by atomic mass is 35.5. The molecule has 3 aromatic carbocycles. The van der Waals surface area contributed by atoms with Crippen LogP contribution < -0.4 is 0 Å². The number of benzene rings is 3. The molecule has 1 aromatic heterocycles. The number of rotatable bonds is 13. The van der Waals surface area contributed by atoms with Gasteiger partial charge in [-0.2, -0.15) is 0 Å². The van der Waals surface area contributed by atoms with Crippen molar-refractivity contribution in [2.45, 2.75) is 78.9 Å². The highest BCUT2D eigenvalue weighted by Crippen LogP contribution is 2.32. The summed E-state index contributed by atoms with van der Waals surface area (Å²) in [7, 11) is 0. The zero-order valence-corrected chi connectivity index (χ0v) is 24.2. The fourth-order valence-corrected chi connectivity index (χ4v) is 5.05. The van der Waals surface area contributed by atoms with E-state index in [1.165, 1.54) is 29.7 Å². The fourth-order valence-electron chi connectivity index (χ4n) is 4.92. The van der Waals surface area contributed by atoms with E-state index in [1.54, 1.807) is 0 Å². The minimum absolute atomic E-state index is 0.548. The maximum Gasteiger partial charge on any atom is 0.140 e. The minimum atomic E-state index is 0.548. The lowest BCUT2D eigenvalue weighted by Crippen LogP contribution is -2.26. The van der Waals surface area contributed by atoms with Crippen LogP contribution in [0.4, 0.5) is 0 Å². The first kappa shape index (κ1) is 28.1. The van der Waals surface area contributed by atoms with Gasteiger partial charge in [-0.1, -0.05) is 119 Å². The molecule has 4 rings (SSSR count). The van der Waals surface area contributed by atoms with E-state index in [4.69, 9.17) is 16.6 Å². The van der Waals surface area contributed by atoms with Gasteiger partial charge in [-0.05, 0) is 48.6 Å². The number of halogens is 1. The van der Waals surface area contributed by atoms with Crippen molar-refractivity contribution in [3.63, 3.8) is 0 Å². The number of hydrogen-bond acceptors (Lipinski definition) is 2. The Kier molecular flexibility index (Phi) is 10.2. The summed E-state index contributed by atoms with van der Waals surface area (Å²) in [6, 6.07) is 28.0. The SMILES string of the molecule is CCCCN(Cc1ccc(C(C)C)cc1)Cc1c(-c2ccc(Cl)cc2)nc(-c2ccccc2)n1CCCC. The molecular weight excluding hydrogens is 486 g/mol. The molecule has 38 heavy (non-hydrogen) atoms. The number of nitrogens with zero attached hydrogens (tertiary/aromatic N) is 3. The Morgan fingerprint density at radius 1 is 0.789 bits per heavy atom. The minimum Gasteiger partial charge on any atom is -0.326 e. The summed E-state index contributed by atoms with van der Waals surface area (Å²) in [6.45, 7) is 12.8. The summed E-state index contributed by atoms with van der Waals surface area (Å²) in [5.74, 6) is 1.60. The van der Waals surface area contributed by atoms with Crippen LogP contribution in [0.5, 0.6) is 0 Å². The maximum atomic E-state index is 6.27. The fraction of sp³-hybridized carbons (Fsp3) is 0.382. The van der Waals surface area contributed by atoms with Crippen molar-refractivity contribution in [3.8, 4) is 22.6 Å². The molecule has 0 saturated heterocycles. The second-order valence-electron chi connectivity index (χ2n) is 10.6. The Labute approximate surface area is 234 Å². The van der Waals surface area contributed by atoms with E-state index in [0.717, 1.165) is 66.7 Å². The molecule has 0 N–H and O–H groups in total. The van der Waals surface area contributed by atoms with Crippen LogP contribution in [0.1, 0.15) is 76.1 Å². The smallest absolute Gasteiger partial charge is 0.140 e. The third-order valence-corrected chi connectivity index (χ3v) is 7.46. The van der Waals surface area contributed by atoms with Gasteiger partial charge < -0.3 is 4.57 Å². The molecule has 0 aliphatic carbocycles. The molecule has 0 fully saturated rings. The van der Waals surface area contributed by atoms with Crippen LogP contribution in [0.15, 0.2) is 78.9 Å². The lowest BCUT2D eigenvalue weighted by molar-refractivity contribution is 0.246. The lowest BCUT2D eigenvalue weighted by Gasteiger charge is -2.24. The summed E-state index contributed by atoms with van der Waals surface area (Å²) >= 11 is 6.27. The number of hydrogen-bond donors (Lipinski definition) is 0. The molecule has 0 atom stereocenters. The molecule has 0 aliphatic heterocycles. The molecule has 3 nitrogen and oxygen atoms in total. The van der Waals surface area contributed by atoms with E-state index in [1.807, 2.05) is 12.1 Å². The van der Waals surface area contributed by atoms with Gasteiger partial charge >= 0.3 is 0 Å². The topological polar surface area (TPSA) is 21.1 Å². The number of imidazole rings is 1. The van der Waals surface area contributed by atoms with Crippen molar-refractivity contribution in [1.29, 1.82) is 0 Å². The van der Waals surface area contributed by atoms with Gasteiger partial charge in [0.15, 0.2) is 0 Å². The van der Waals surface area contributed by atoms with Crippen LogP contribution in [0.2, 0.25) is 5.02 Å². The van der Waals surface area contributed by atoms with Crippen molar-refractivity contribution in [2.24, 2.45) is 0 Å². The Balaban J connectivity index is 1.77. The van der Waals surface area contributed by atoms with Crippen molar-refractivity contribution < 1.29 is 0 Å². The summed E-state index contributed by atoms with van der Waals surface area (Å²) in [5.41, 5.74) is 7.39. The molecular formula is C34H42ClN3. The van der Waals surface area contributed by atoms with Crippen LogP contribution in [-0.2, 0) is 19.6 Å². The van der Waals surface area contributed by atoms with E-state index in [2.05, 4.69) is 104 Å². The van der Waals surface area contributed by atoms with Crippen molar-refractivity contribution >= 4 is 11.6 Å². The van der Waals surface area contributed by atoms with E-state index in [0.29, 0.717) is 5.92 Å². The normalized spacial score (nSPS) is 11.6. The molecule has 200 valence electrons. The Hall–Kier alpha value is -2.88. The van der Waals surface area contributed by atoms with Gasteiger partial charge in [0.1, 0.15) is 5.82 Å². The molecule has 0 aliphatic rings. The quantitative estimate of drug-likeness (QED) is 0.172. The summed E-state index contributed by atoms with van der Waals surface area (Å²) in [6.07, 6.45) is 4.62. The van der Waals surface area contributed by atoms with E-state index in [-0.39, 0.29) is 0 Å². The maximum absolute atomic E-state index is 6.27. The molecule has 0 unspecified atom stereocenters. The van der Waals surface area contributed by atoms with Crippen molar-refractivity contribution in [1.82, 2.24) is 14.5 Å². The number of aromatic nitrogens is 2. The molecule has 4 aromatic rings. The zero-order chi connectivity index (χ0) is 26.9. The molecule has 0 bridgehead atoms. The van der Waals surface area contributed by atoms with Gasteiger partial charge in [-0.3, -0.25) is 4.90 Å². The van der Waals surface area contributed by atoms with E-state index >= 15 is 0 Å². The number of unbranched alkanes of at least 4 members (excludes halogenated alkanes) is 2. The summed E-state index contributed by atoms with van der Waals surface area (Å²) in [5, 5.41) is 0.749. The Morgan fingerprint density at radius 2 is 1.47 bits per heavy atom. The second kappa shape index (κ2) is 13.8. The molecule has 0 spiro atoms. The Bertz CT molecular complexity index is 1260. The van der Waals surface area contributed by atoms with Gasteiger partial charge in [0.05, 0.1) is 11.4 Å². The van der Waals surface area contributed by atoms with Gasteiger partial charge in [-0.25, -0.2) is 4.98 Å². The average Bonchev–Trinajstić information content (AvgIpc) is 3.29. The summed E-state index contributed by atoms with van der Waals surface area (Å²) in [4.78, 5) is 7.90. The van der Waals surface area contributed by atoms with Crippen LogP contribution in [0.25, 0.3) is 22.6 Å². The van der Waals surface area contributed by atoms with Crippen molar-refractivity contribution in [3.05, 3.63) is 101 Å². The zero-order valence-electron chi connectivity index (χ0n) is 23.5. The van der Waals surface area contributed by atoms with Crippen LogP contribution >= 0.6 is 11.6 Å². The predicted octanol–water partition coefficient (Wildman–Crippen LogP) is 9.60. The van der Waals surface area contributed by atoms with E-state index in [9.17, 15) is 0 Å². The van der Waals surface area contributed by atoms with Crippen LogP contribution in [0.3, 0.4) is 0 Å². The van der Waals surface area contributed by atoms with Gasteiger partial charge in [0.25, 0.3) is 0 Å². The van der Waals surface area contributed by atoms with Gasteiger partial charge in [0, 0.05) is 35.8 Å². The van der Waals surface area contributed by atoms with Crippen LogP contribution in [-0.4, -0.2) is 21.0 Å². The second-order valence-corrected chi connectivity index (χ2v) is 11.0. The van der Waals surface area contributed by atoms with Gasteiger partial charge in [-0.15, -0.1) is 0 Å².